The molecule has 172 valence electrons. The molecule has 0 bridgehead atoms. The van der Waals surface area contributed by atoms with E-state index < -0.39 is 28.3 Å². The van der Waals surface area contributed by atoms with E-state index in [0.29, 0.717) is 16.9 Å². The zero-order valence-corrected chi connectivity index (χ0v) is 19.0. The number of amides is 2. The van der Waals surface area contributed by atoms with Gasteiger partial charge in [0.15, 0.2) is 0 Å². The van der Waals surface area contributed by atoms with Crippen LogP contribution in [-0.2, 0) is 26.2 Å². The van der Waals surface area contributed by atoms with E-state index in [2.05, 4.69) is 10.6 Å². The van der Waals surface area contributed by atoms with Gasteiger partial charge in [-0.3, -0.25) is 9.59 Å². The van der Waals surface area contributed by atoms with Gasteiger partial charge in [-0.15, -0.1) is 0 Å². The molecule has 0 saturated carbocycles. The third kappa shape index (κ3) is 6.71. The van der Waals surface area contributed by atoms with Crippen molar-refractivity contribution < 1.29 is 22.4 Å². The van der Waals surface area contributed by atoms with Crippen LogP contribution < -0.4 is 10.6 Å². The van der Waals surface area contributed by atoms with E-state index in [1.54, 1.807) is 36.4 Å². The molecule has 0 atom stereocenters. The van der Waals surface area contributed by atoms with Crippen LogP contribution in [0.2, 0.25) is 0 Å². The Hall–Kier alpha value is -3.56. The van der Waals surface area contributed by atoms with Crippen LogP contribution in [-0.4, -0.2) is 31.1 Å². The van der Waals surface area contributed by atoms with Gasteiger partial charge in [0.25, 0.3) is 0 Å². The smallest absolute Gasteiger partial charge is 0.243 e. The molecule has 0 unspecified atom stereocenters. The number of sulfonamides is 1. The van der Waals surface area contributed by atoms with Gasteiger partial charge in [-0.2, -0.15) is 4.31 Å². The minimum atomic E-state index is -4.00. The largest absolute Gasteiger partial charge is 0.326 e. The number of nitrogens with one attached hydrogen (secondary N) is 2. The van der Waals surface area contributed by atoms with Gasteiger partial charge in [0.1, 0.15) is 5.82 Å². The fourth-order valence-corrected chi connectivity index (χ4v) is 4.46. The second-order valence-corrected chi connectivity index (χ2v) is 9.46. The maximum absolute atomic E-state index is 13.3. The van der Waals surface area contributed by atoms with Crippen LogP contribution in [0.4, 0.5) is 15.8 Å². The summed E-state index contributed by atoms with van der Waals surface area (Å²) in [7, 11) is -4.00. The van der Waals surface area contributed by atoms with Crippen molar-refractivity contribution in [3.8, 4) is 0 Å². The van der Waals surface area contributed by atoms with Gasteiger partial charge in [0.2, 0.25) is 21.8 Å². The van der Waals surface area contributed by atoms with Crippen LogP contribution in [0.5, 0.6) is 0 Å². The third-order valence-corrected chi connectivity index (χ3v) is 6.55. The van der Waals surface area contributed by atoms with Crippen LogP contribution in [0.1, 0.15) is 18.1 Å². The molecule has 0 aliphatic carbocycles. The number of nitrogens with zero attached hydrogens (tertiary/aromatic N) is 1. The molecule has 2 amide bonds. The first kappa shape index (κ1) is 24.1. The van der Waals surface area contributed by atoms with E-state index in [1.807, 2.05) is 6.92 Å². The summed E-state index contributed by atoms with van der Waals surface area (Å²) in [6.45, 7) is 2.68. The number of hydrogen-bond donors (Lipinski definition) is 2. The minimum absolute atomic E-state index is 0.0580. The van der Waals surface area contributed by atoms with E-state index in [1.165, 1.54) is 43.3 Å². The lowest BCUT2D eigenvalue weighted by molar-refractivity contribution is -0.116. The van der Waals surface area contributed by atoms with Crippen molar-refractivity contribution in [1.82, 2.24) is 4.31 Å². The van der Waals surface area contributed by atoms with Crippen LogP contribution in [0, 0.1) is 12.7 Å². The molecule has 7 nitrogen and oxygen atoms in total. The van der Waals surface area contributed by atoms with E-state index in [-0.39, 0.29) is 17.3 Å². The highest BCUT2D eigenvalue weighted by Crippen LogP contribution is 2.20. The number of anilines is 2. The van der Waals surface area contributed by atoms with Crippen molar-refractivity contribution in [3.05, 3.63) is 89.7 Å². The lowest BCUT2D eigenvalue weighted by Gasteiger charge is -2.22. The first-order valence-corrected chi connectivity index (χ1v) is 11.6. The quantitative estimate of drug-likeness (QED) is 0.523. The average molecular weight is 470 g/mol. The van der Waals surface area contributed by atoms with E-state index in [9.17, 15) is 22.4 Å². The highest BCUT2D eigenvalue weighted by Gasteiger charge is 2.27. The predicted octanol–water partition coefficient (Wildman–Crippen LogP) is 3.92. The fraction of sp³-hybridized carbons (Fsp3) is 0.167. The van der Waals surface area contributed by atoms with Gasteiger partial charge in [0, 0.05) is 24.8 Å². The summed E-state index contributed by atoms with van der Waals surface area (Å²) in [5, 5.41) is 5.29. The van der Waals surface area contributed by atoms with Gasteiger partial charge in [0.05, 0.1) is 11.4 Å². The van der Waals surface area contributed by atoms with Crippen molar-refractivity contribution in [3.63, 3.8) is 0 Å². The van der Waals surface area contributed by atoms with Crippen molar-refractivity contribution in [2.45, 2.75) is 25.3 Å². The highest BCUT2D eigenvalue weighted by molar-refractivity contribution is 7.89. The summed E-state index contributed by atoms with van der Waals surface area (Å²) in [5.41, 5.74) is 2.46. The molecule has 33 heavy (non-hydrogen) atoms. The molecule has 3 aromatic carbocycles. The lowest BCUT2D eigenvalue weighted by atomic mass is 10.2. The third-order valence-electron chi connectivity index (χ3n) is 4.74. The standard InChI is InChI=1S/C24H24FN3O4S/c1-17-3-13-23(14-4-17)33(31,32)28(15-19-5-7-20(25)8-6-19)16-24(30)27-22-11-9-21(10-12-22)26-18(2)29/h3-14H,15-16H2,1-2H3,(H,26,29)(H,27,30). The maximum atomic E-state index is 13.3. The first-order chi connectivity index (χ1) is 15.6. The molecule has 0 aliphatic rings. The van der Waals surface area contributed by atoms with Gasteiger partial charge in [-0.05, 0) is 61.0 Å². The van der Waals surface area contributed by atoms with Gasteiger partial charge >= 0.3 is 0 Å². The molecule has 0 fully saturated rings. The Morgan fingerprint density at radius 2 is 1.39 bits per heavy atom. The van der Waals surface area contributed by atoms with Gasteiger partial charge in [-0.25, -0.2) is 12.8 Å². The van der Waals surface area contributed by atoms with Gasteiger partial charge < -0.3 is 10.6 Å². The van der Waals surface area contributed by atoms with E-state index >= 15 is 0 Å². The molecule has 0 aromatic heterocycles. The summed E-state index contributed by atoms with van der Waals surface area (Å²) in [6, 6.07) is 18.2. The SMILES string of the molecule is CC(=O)Nc1ccc(NC(=O)CN(Cc2ccc(F)cc2)S(=O)(=O)c2ccc(C)cc2)cc1. The molecule has 3 rings (SSSR count). The summed E-state index contributed by atoms with van der Waals surface area (Å²) >= 11 is 0. The number of benzene rings is 3. The molecule has 0 heterocycles. The topological polar surface area (TPSA) is 95.6 Å². The van der Waals surface area contributed by atoms with E-state index in [0.717, 1.165) is 9.87 Å². The zero-order valence-electron chi connectivity index (χ0n) is 18.2. The fourth-order valence-electron chi connectivity index (χ4n) is 3.08. The molecule has 9 heteroatoms. The van der Waals surface area contributed by atoms with Crippen molar-refractivity contribution in [2.75, 3.05) is 17.2 Å². The maximum Gasteiger partial charge on any atom is 0.243 e. The Morgan fingerprint density at radius 1 is 0.848 bits per heavy atom. The minimum Gasteiger partial charge on any atom is -0.326 e. The van der Waals surface area contributed by atoms with Crippen molar-refractivity contribution in [2.24, 2.45) is 0 Å². The van der Waals surface area contributed by atoms with Crippen molar-refractivity contribution >= 4 is 33.2 Å². The monoisotopic (exact) mass is 469 g/mol. The molecule has 0 saturated heterocycles. The Balaban J connectivity index is 1.81. The number of rotatable bonds is 8. The normalized spacial score (nSPS) is 11.3. The van der Waals surface area contributed by atoms with Crippen molar-refractivity contribution in [1.29, 1.82) is 0 Å². The number of halogens is 1. The number of aryl methyl sites for hydroxylation is 1. The van der Waals surface area contributed by atoms with Crippen LogP contribution in [0.25, 0.3) is 0 Å². The molecule has 0 aliphatic heterocycles. The van der Waals surface area contributed by atoms with Crippen LogP contribution in [0.3, 0.4) is 0 Å². The Kier molecular flexibility index (Phi) is 7.57. The Bertz CT molecular complexity index is 1230. The molecule has 3 aromatic rings. The number of hydrogen-bond acceptors (Lipinski definition) is 4. The zero-order chi connectivity index (χ0) is 24.0. The molecule has 0 spiro atoms. The highest BCUT2D eigenvalue weighted by atomic mass is 32.2. The van der Waals surface area contributed by atoms with Crippen LogP contribution in [0.15, 0.2) is 77.7 Å². The molecular weight excluding hydrogens is 445 g/mol. The van der Waals surface area contributed by atoms with Gasteiger partial charge in [-0.1, -0.05) is 29.8 Å². The summed E-state index contributed by atoms with van der Waals surface area (Å²) < 4.78 is 40.9. The second kappa shape index (κ2) is 10.4. The first-order valence-electron chi connectivity index (χ1n) is 10.1. The number of carbonyl (C=O) groups is 2. The predicted molar refractivity (Wildman–Crippen MR) is 125 cm³/mol. The Labute approximate surface area is 192 Å². The summed E-state index contributed by atoms with van der Waals surface area (Å²) in [6.07, 6.45) is 0. The average Bonchev–Trinajstić information content (AvgIpc) is 2.76. The molecule has 2 N–H and O–H groups in total. The van der Waals surface area contributed by atoms with E-state index in [4.69, 9.17) is 0 Å². The van der Waals surface area contributed by atoms with Crippen LogP contribution >= 0.6 is 0 Å². The summed E-state index contributed by atoms with van der Waals surface area (Å²) in [5.74, 6) is -1.20. The molecular formula is C24H24FN3O4S. The Morgan fingerprint density at radius 3 is 1.94 bits per heavy atom. The number of carbonyl (C=O) groups excluding carboxylic acids is 2. The second-order valence-electron chi connectivity index (χ2n) is 7.52. The molecule has 0 radical (unpaired) electrons. The summed E-state index contributed by atoms with van der Waals surface area (Å²) in [4.78, 5) is 23.9. The lowest BCUT2D eigenvalue weighted by Crippen LogP contribution is -2.37.